The van der Waals surface area contributed by atoms with E-state index in [-0.39, 0.29) is 16.6 Å². The molecule has 0 amide bonds. The highest BCUT2D eigenvalue weighted by Crippen LogP contribution is 2.28. The van der Waals surface area contributed by atoms with E-state index in [4.69, 9.17) is 11.6 Å². The minimum Gasteiger partial charge on any atom is -0.256 e. The van der Waals surface area contributed by atoms with Crippen molar-refractivity contribution in [2.75, 3.05) is 0 Å². The standard InChI is InChI=1S/C13H19ClFNS/c1-5-12(16-17-13(2,3)4)10-7-6-9(14)8-11(10)15/h6-8,12,16H,5H2,1-4H3. The Labute approximate surface area is 112 Å². The molecule has 0 aromatic heterocycles. The van der Waals surface area contributed by atoms with Gasteiger partial charge in [-0.05, 0) is 39.3 Å². The lowest BCUT2D eigenvalue weighted by Crippen LogP contribution is -2.22. The molecule has 1 N–H and O–H groups in total. The van der Waals surface area contributed by atoms with Crippen molar-refractivity contribution >= 4 is 23.5 Å². The van der Waals surface area contributed by atoms with E-state index in [1.807, 2.05) is 6.92 Å². The number of hydrogen-bond acceptors (Lipinski definition) is 2. The van der Waals surface area contributed by atoms with E-state index in [0.29, 0.717) is 10.6 Å². The summed E-state index contributed by atoms with van der Waals surface area (Å²) in [6.07, 6.45) is 0.835. The van der Waals surface area contributed by atoms with Gasteiger partial charge in [0.2, 0.25) is 0 Å². The molecular weight excluding hydrogens is 257 g/mol. The molecule has 0 saturated carbocycles. The van der Waals surface area contributed by atoms with E-state index >= 15 is 0 Å². The zero-order valence-corrected chi connectivity index (χ0v) is 12.3. The molecule has 1 rings (SSSR count). The lowest BCUT2D eigenvalue weighted by molar-refractivity contribution is 0.558. The summed E-state index contributed by atoms with van der Waals surface area (Å²) in [7, 11) is 0. The molecule has 0 radical (unpaired) electrons. The molecule has 1 aromatic rings. The zero-order chi connectivity index (χ0) is 13.1. The highest BCUT2D eigenvalue weighted by Gasteiger charge is 2.18. The highest BCUT2D eigenvalue weighted by molar-refractivity contribution is 7.98. The SMILES string of the molecule is CCC(NSC(C)(C)C)c1ccc(Cl)cc1F. The molecule has 0 heterocycles. The van der Waals surface area contributed by atoms with Gasteiger partial charge in [-0.25, -0.2) is 4.39 Å². The summed E-state index contributed by atoms with van der Waals surface area (Å²) in [6, 6.07) is 4.85. The Bertz CT molecular complexity index is 376. The average molecular weight is 276 g/mol. The monoisotopic (exact) mass is 275 g/mol. The quantitative estimate of drug-likeness (QED) is 0.779. The van der Waals surface area contributed by atoms with Gasteiger partial charge in [-0.15, -0.1) is 0 Å². The van der Waals surface area contributed by atoms with Gasteiger partial charge in [0.1, 0.15) is 5.82 Å². The van der Waals surface area contributed by atoms with Gasteiger partial charge in [-0.3, -0.25) is 4.72 Å². The summed E-state index contributed by atoms with van der Waals surface area (Å²) in [5.74, 6) is -0.244. The van der Waals surface area contributed by atoms with Gasteiger partial charge in [0, 0.05) is 21.4 Å². The van der Waals surface area contributed by atoms with Crippen LogP contribution in [-0.4, -0.2) is 4.75 Å². The molecule has 0 bridgehead atoms. The Hall–Kier alpha value is -0.250. The molecular formula is C13H19ClFNS. The van der Waals surface area contributed by atoms with Gasteiger partial charge >= 0.3 is 0 Å². The Morgan fingerprint density at radius 2 is 2.06 bits per heavy atom. The van der Waals surface area contributed by atoms with Crippen LogP contribution in [0.4, 0.5) is 4.39 Å². The number of rotatable bonds is 4. The molecule has 0 aliphatic rings. The molecule has 0 fully saturated rings. The van der Waals surface area contributed by atoms with E-state index in [9.17, 15) is 4.39 Å². The summed E-state index contributed by atoms with van der Waals surface area (Å²) in [4.78, 5) is 0. The molecule has 1 atom stereocenters. The molecule has 1 aromatic carbocycles. The number of halogens is 2. The van der Waals surface area contributed by atoms with Crippen molar-refractivity contribution in [3.63, 3.8) is 0 Å². The van der Waals surface area contributed by atoms with Gasteiger partial charge < -0.3 is 0 Å². The first kappa shape index (κ1) is 14.8. The van der Waals surface area contributed by atoms with Crippen LogP contribution in [0.2, 0.25) is 5.02 Å². The van der Waals surface area contributed by atoms with Crippen molar-refractivity contribution in [2.45, 2.75) is 44.9 Å². The fourth-order valence-electron chi connectivity index (χ4n) is 1.40. The lowest BCUT2D eigenvalue weighted by Gasteiger charge is -2.24. The molecule has 1 unspecified atom stereocenters. The van der Waals surface area contributed by atoms with E-state index < -0.39 is 0 Å². The Balaban J connectivity index is 2.79. The second kappa shape index (κ2) is 6.07. The second-order valence-electron chi connectivity index (χ2n) is 4.96. The van der Waals surface area contributed by atoms with Crippen molar-refractivity contribution in [3.8, 4) is 0 Å². The first-order valence-electron chi connectivity index (χ1n) is 5.72. The van der Waals surface area contributed by atoms with Gasteiger partial charge in [-0.1, -0.05) is 36.5 Å². The average Bonchev–Trinajstić information content (AvgIpc) is 2.19. The van der Waals surface area contributed by atoms with Crippen LogP contribution in [0.15, 0.2) is 18.2 Å². The summed E-state index contributed by atoms with van der Waals surface area (Å²) in [5.41, 5.74) is 0.675. The molecule has 17 heavy (non-hydrogen) atoms. The molecule has 4 heteroatoms. The Morgan fingerprint density at radius 1 is 1.41 bits per heavy atom. The fraction of sp³-hybridized carbons (Fsp3) is 0.538. The topological polar surface area (TPSA) is 12.0 Å². The van der Waals surface area contributed by atoms with Crippen LogP contribution in [0, 0.1) is 5.82 Å². The highest BCUT2D eigenvalue weighted by atomic mass is 35.5. The van der Waals surface area contributed by atoms with Gasteiger partial charge in [0.15, 0.2) is 0 Å². The van der Waals surface area contributed by atoms with Crippen molar-refractivity contribution in [1.29, 1.82) is 0 Å². The first-order chi connectivity index (χ1) is 7.83. The van der Waals surface area contributed by atoms with Crippen LogP contribution in [0.5, 0.6) is 0 Å². The van der Waals surface area contributed by atoms with E-state index in [1.165, 1.54) is 6.07 Å². The van der Waals surface area contributed by atoms with Crippen molar-refractivity contribution < 1.29 is 4.39 Å². The third-order valence-corrected chi connectivity index (χ3v) is 3.50. The largest absolute Gasteiger partial charge is 0.256 e. The first-order valence-corrected chi connectivity index (χ1v) is 6.91. The minimum atomic E-state index is -0.244. The predicted octanol–water partition coefficient (Wildman–Crippen LogP) is 4.97. The molecule has 0 aliphatic carbocycles. The smallest absolute Gasteiger partial charge is 0.129 e. The van der Waals surface area contributed by atoms with Crippen LogP contribution in [0.25, 0.3) is 0 Å². The maximum Gasteiger partial charge on any atom is 0.129 e. The summed E-state index contributed by atoms with van der Waals surface area (Å²) < 4.78 is 17.2. The Morgan fingerprint density at radius 3 is 2.53 bits per heavy atom. The number of hydrogen-bond donors (Lipinski definition) is 1. The molecule has 1 nitrogen and oxygen atoms in total. The second-order valence-corrected chi connectivity index (χ2v) is 7.06. The van der Waals surface area contributed by atoms with Gasteiger partial charge in [-0.2, -0.15) is 0 Å². The maximum absolute atomic E-state index is 13.8. The molecule has 0 aliphatic heterocycles. The summed E-state index contributed by atoms with van der Waals surface area (Å²) >= 11 is 7.37. The number of benzene rings is 1. The third-order valence-electron chi connectivity index (χ3n) is 2.25. The van der Waals surface area contributed by atoms with Crippen LogP contribution in [0.1, 0.15) is 45.7 Å². The molecule has 0 spiro atoms. The number of nitrogens with one attached hydrogen (secondary N) is 1. The van der Waals surface area contributed by atoms with Crippen LogP contribution in [-0.2, 0) is 0 Å². The third kappa shape index (κ3) is 4.86. The van der Waals surface area contributed by atoms with E-state index in [1.54, 1.807) is 24.1 Å². The zero-order valence-electron chi connectivity index (χ0n) is 10.7. The van der Waals surface area contributed by atoms with Crippen LogP contribution < -0.4 is 4.72 Å². The van der Waals surface area contributed by atoms with Gasteiger partial charge in [0.05, 0.1) is 0 Å². The van der Waals surface area contributed by atoms with Crippen LogP contribution >= 0.6 is 23.5 Å². The Kier molecular flexibility index (Phi) is 5.29. The van der Waals surface area contributed by atoms with Crippen molar-refractivity contribution in [2.24, 2.45) is 0 Å². The lowest BCUT2D eigenvalue weighted by atomic mass is 10.1. The van der Waals surface area contributed by atoms with E-state index in [0.717, 1.165) is 6.42 Å². The molecule has 96 valence electrons. The predicted molar refractivity (Wildman–Crippen MR) is 74.9 cm³/mol. The normalized spacial score (nSPS) is 13.8. The summed E-state index contributed by atoms with van der Waals surface area (Å²) in [6.45, 7) is 8.40. The van der Waals surface area contributed by atoms with E-state index in [2.05, 4.69) is 25.5 Å². The maximum atomic E-state index is 13.8. The van der Waals surface area contributed by atoms with Crippen LogP contribution in [0.3, 0.4) is 0 Å². The van der Waals surface area contributed by atoms with Crippen molar-refractivity contribution in [3.05, 3.63) is 34.6 Å². The fourth-order valence-corrected chi connectivity index (χ4v) is 2.35. The van der Waals surface area contributed by atoms with Crippen molar-refractivity contribution in [1.82, 2.24) is 4.72 Å². The minimum absolute atomic E-state index is 0.0106. The van der Waals surface area contributed by atoms with Gasteiger partial charge in [0.25, 0.3) is 0 Å². The molecule has 0 saturated heterocycles. The summed E-state index contributed by atoms with van der Waals surface area (Å²) in [5, 5.41) is 0.435.